The molecular formula is C24H28N2O5. The highest BCUT2D eigenvalue weighted by atomic mass is 16.5. The van der Waals surface area contributed by atoms with Crippen LogP contribution in [0.5, 0.6) is 0 Å². The number of rotatable bonds is 10. The molecule has 2 aromatic rings. The molecule has 0 aliphatic rings. The number of esters is 1. The van der Waals surface area contributed by atoms with E-state index in [9.17, 15) is 14.4 Å². The first kappa shape index (κ1) is 23.7. The first-order chi connectivity index (χ1) is 14.9. The number of carbonyl (C=O) groups is 3. The predicted octanol–water partition coefficient (Wildman–Crippen LogP) is 3.00. The second kappa shape index (κ2) is 12.2. The zero-order chi connectivity index (χ0) is 22.6. The number of ether oxygens (including phenoxy) is 2. The summed E-state index contributed by atoms with van der Waals surface area (Å²) in [5.74, 6) is -1.48. The lowest BCUT2D eigenvalue weighted by atomic mass is 10.0. The molecule has 0 heterocycles. The van der Waals surface area contributed by atoms with Gasteiger partial charge in [0.2, 0.25) is 5.91 Å². The molecule has 2 rings (SSSR count). The highest BCUT2D eigenvalue weighted by molar-refractivity contribution is 5.90. The van der Waals surface area contributed by atoms with Crippen LogP contribution in [0.1, 0.15) is 18.1 Å². The molecule has 2 N–H and O–H groups in total. The Labute approximate surface area is 182 Å². The van der Waals surface area contributed by atoms with Gasteiger partial charge < -0.3 is 20.1 Å². The molecule has 0 aromatic heterocycles. The molecule has 0 bridgehead atoms. The summed E-state index contributed by atoms with van der Waals surface area (Å²) in [6.45, 7) is 5.48. The zero-order valence-corrected chi connectivity index (χ0v) is 17.7. The molecule has 2 unspecified atom stereocenters. The number of benzene rings is 2. The van der Waals surface area contributed by atoms with Crippen molar-refractivity contribution in [2.45, 2.75) is 32.0 Å². The fourth-order valence-corrected chi connectivity index (χ4v) is 2.89. The Morgan fingerprint density at radius 3 is 2.10 bits per heavy atom. The summed E-state index contributed by atoms with van der Waals surface area (Å²) in [4.78, 5) is 37.5. The molecule has 31 heavy (non-hydrogen) atoms. The lowest BCUT2D eigenvalue weighted by molar-refractivity contribution is -0.146. The third kappa shape index (κ3) is 7.62. The van der Waals surface area contributed by atoms with Crippen LogP contribution in [0.4, 0.5) is 4.79 Å². The molecule has 3 atom stereocenters. The van der Waals surface area contributed by atoms with Gasteiger partial charge in [0, 0.05) is 12.3 Å². The van der Waals surface area contributed by atoms with E-state index in [0.29, 0.717) is 0 Å². The minimum atomic E-state index is -0.949. The van der Waals surface area contributed by atoms with Crippen LogP contribution in [-0.2, 0) is 32.1 Å². The summed E-state index contributed by atoms with van der Waals surface area (Å²) in [6.07, 6.45) is 1.05. The molecule has 0 spiro atoms. The molecule has 0 fully saturated rings. The lowest BCUT2D eigenvalue weighted by Crippen LogP contribution is -2.54. The molecule has 0 saturated heterocycles. The van der Waals surface area contributed by atoms with E-state index in [0.717, 1.165) is 11.1 Å². The summed E-state index contributed by atoms with van der Waals surface area (Å²) in [7, 11) is 1.25. The summed E-state index contributed by atoms with van der Waals surface area (Å²) in [6, 6.07) is 16.6. The molecule has 7 nitrogen and oxygen atoms in total. The van der Waals surface area contributed by atoms with E-state index in [2.05, 4.69) is 17.2 Å². The Kier molecular flexibility index (Phi) is 9.29. The maximum Gasteiger partial charge on any atom is 0.408 e. The lowest BCUT2D eigenvalue weighted by Gasteiger charge is -2.24. The van der Waals surface area contributed by atoms with Crippen LogP contribution in [0.3, 0.4) is 0 Å². The van der Waals surface area contributed by atoms with Crippen molar-refractivity contribution in [1.82, 2.24) is 10.6 Å². The Balaban J connectivity index is 2.10. The van der Waals surface area contributed by atoms with Crippen LogP contribution < -0.4 is 10.6 Å². The van der Waals surface area contributed by atoms with Gasteiger partial charge in [-0.1, -0.05) is 73.7 Å². The van der Waals surface area contributed by atoms with E-state index in [-0.39, 0.29) is 18.9 Å². The molecule has 2 aromatic carbocycles. The van der Waals surface area contributed by atoms with Gasteiger partial charge in [-0.15, -0.1) is 6.58 Å². The van der Waals surface area contributed by atoms with Crippen molar-refractivity contribution >= 4 is 18.0 Å². The molecular weight excluding hydrogens is 396 g/mol. The molecule has 7 heteroatoms. The van der Waals surface area contributed by atoms with E-state index in [1.165, 1.54) is 7.11 Å². The normalized spacial score (nSPS) is 13.2. The Bertz CT molecular complexity index is 870. The maximum absolute atomic E-state index is 13.0. The smallest absolute Gasteiger partial charge is 0.408 e. The van der Waals surface area contributed by atoms with Gasteiger partial charge in [-0.2, -0.15) is 0 Å². The predicted molar refractivity (Wildman–Crippen MR) is 117 cm³/mol. The van der Waals surface area contributed by atoms with Crippen molar-refractivity contribution in [3.05, 3.63) is 84.4 Å². The quantitative estimate of drug-likeness (QED) is 0.452. The number of methoxy groups -OCH3 is 1. The zero-order valence-electron chi connectivity index (χ0n) is 17.7. The standard InChI is InChI=1S/C24H28N2O5/c1-4-17(2)21(23(28)30-3)26-22(27)20(15-18-11-7-5-8-12-18)25-24(29)31-16-19-13-9-6-10-14-19/h4-14,17,20-21H,1,15-16H2,2-3H3,(H,25,29)(H,26,27)/t17?,20-,21?/m0/s1. The summed E-state index contributed by atoms with van der Waals surface area (Å²) >= 11 is 0. The van der Waals surface area contributed by atoms with Crippen molar-refractivity contribution in [2.75, 3.05) is 7.11 Å². The molecule has 0 saturated carbocycles. The van der Waals surface area contributed by atoms with Crippen molar-refractivity contribution in [3.8, 4) is 0 Å². The van der Waals surface area contributed by atoms with Gasteiger partial charge in [0.05, 0.1) is 7.11 Å². The minimum Gasteiger partial charge on any atom is -0.467 e. The third-order valence-corrected chi connectivity index (χ3v) is 4.75. The van der Waals surface area contributed by atoms with Crippen LogP contribution in [0, 0.1) is 5.92 Å². The highest BCUT2D eigenvalue weighted by Gasteiger charge is 2.30. The van der Waals surface area contributed by atoms with E-state index in [4.69, 9.17) is 9.47 Å². The van der Waals surface area contributed by atoms with Crippen LogP contribution in [0.15, 0.2) is 73.3 Å². The monoisotopic (exact) mass is 424 g/mol. The second-order valence-electron chi connectivity index (χ2n) is 7.05. The van der Waals surface area contributed by atoms with Crippen molar-refractivity contribution in [2.24, 2.45) is 5.92 Å². The molecule has 0 aliphatic heterocycles. The number of alkyl carbamates (subject to hydrolysis) is 1. The van der Waals surface area contributed by atoms with Crippen LogP contribution in [-0.4, -0.2) is 37.2 Å². The fourth-order valence-electron chi connectivity index (χ4n) is 2.89. The fraction of sp³-hybridized carbons (Fsp3) is 0.292. The number of nitrogens with one attached hydrogen (secondary N) is 2. The maximum atomic E-state index is 13.0. The number of hydrogen-bond donors (Lipinski definition) is 2. The molecule has 164 valence electrons. The van der Waals surface area contributed by atoms with E-state index in [1.807, 2.05) is 60.7 Å². The van der Waals surface area contributed by atoms with Gasteiger partial charge in [-0.25, -0.2) is 9.59 Å². The van der Waals surface area contributed by atoms with Crippen molar-refractivity contribution in [1.29, 1.82) is 0 Å². The van der Waals surface area contributed by atoms with Crippen LogP contribution in [0.25, 0.3) is 0 Å². The van der Waals surface area contributed by atoms with Crippen molar-refractivity contribution in [3.63, 3.8) is 0 Å². The van der Waals surface area contributed by atoms with Gasteiger partial charge >= 0.3 is 12.1 Å². The molecule has 0 aliphatic carbocycles. The van der Waals surface area contributed by atoms with Gasteiger partial charge in [0.15, 0.2) is 0 Å². The number of carbonyl (C=O) groups excluding carboxylic acids is 3. The topological polar surface area (TPSA) is 93.7 Å². The van der Waals surface area contributed by atoms with E-state index < -0.39 is 30.1 Å². The number of amides is 2. The largest absolute Gasteiger partial charge is 0.467 e. The van der Waals surface area contributed by atoms with Crippen LogP contribution in [0.2, 0.25) is 0 Å². The van der Waals surface area contributed by atoms with Crippen LogP contribution >= 0.6 is 0 Å². The molecule has 0 radical (unpaired) electrons. The SMILES string of the molecule is C=CC(C)C(NC(=O)[C@H](Cc1ccccc1)NC(=O)OCc1ccccc1)C(=O)OC. The molecule has 2 amide bonds. The third-order valence-electron chi connectivity index (χ3n) is 4.75. The van der Waals surface area contributed by atoms with Gasteiger partial charge in [0.1, 0.15) is 18.7 Å². The summed E-state index contributed by atoms with van der Waals surface area (Å²) in [5, 5.41) is 5.27. The van der Waals surface area contributed by atoms with Gasteiger partial charge in [-0.05, 0) is 11.1 Å². The number of hydrogen-bond acceptors (Lipinski definition) is 5. The Morgan fingerprint density at radius 2 is 1.55 bits per heavy atom. The first-order valence-corrected chi connectivity index (χ1v) is 9.96. The van der Waals surface area contributed by atoms with Crippen molar-refractivity contribution < 1.29 is 23.9 Å². The Morgan fingerprint density at radius 1 is 0.968 bits per heavy atom. The van der Waals surface area contributed by atoms with Gasteiger partial charge in [-0.3, -0.25) is 4.79 Å². The average molecular weight is 424 g/mol. The van der Waals surface area contributed by atoms with E-state index in [1.54, 1.807) is 13.0 Å². The minimum absolute atomic E-state index is 0.0740. The Hall–Kier alpha value is -3.61. The highest BCUT2D eigenvalue weighted by Crippen LogP contribution is 2.09. The summed E-state index contributed by atoms with van der Waals surface area (Å²) < 4.78 is 10.0. The first-order valence-electron chi connectivity index (χ1n) is 9.96. The van der Waals surface area contributed by atoms with Gasteiger partial charge in [0.25, 0.3) is 0 Å². The average Bonchev–Trinajstić information content (AvgIpc) is 2.81. The summed E-state index contributed by atoms with van der Waals surface area (Å²) in [5.41, 5.74) is 1.67. The second-order valence-corrected chi connectivity index (χ2v) is 7.05. The van der Waals surface area contributed by atoms with E-state index >= 15 is 0 Å².